The quantitative estimate of drug-likeness (QED) is 0.884. The molecule has 2 rings (SSSR count). The fourth-order valence-corrected chi connectivity index (χ4v) is 1.73. The summed E-state index contributed by atoms with van der Waals surface area (Å²) in [4.78, 5) is 3.25. The zero-order valence-electron chi connectivity index (χ0n) is 8.52. The summed E-state index contributed by atoms with van der Waals surface area (Å²) in [7, 11) is 0. The Bertz CT molecular complexity index is 547. The molecule has 0 aliphatic rings. The van der Waals surface area contributed by atoms with Crippen LogP contribution in [0.2, 0.25) is 10.0 Å². The predicted octanol–water partition coefficient (Wildman–Crippen LogP) is 3.87. The van der Waals surface area contributed by atoms with Crippen LogP contribution >= 0.6 is 23.2 Å². The molecule has 1 heterocycles. The molecule has 0 bridgehead atoms. The molecule has 0 aliphatic heterocycles. The van der Waals surface area contributed by atoms with E-state index in [2.05, 4.69) is 15.4 Å². The predicted molar refractivity (Wildman–Crippen MR) is 61.1 cm³/mol. The summed E-state index contributed by atoms with van der Waals surface area (Å²) < 4.78 is 36.8. The Morgan fingerprint density at radius 2 is 1.72 bits per heavy atom. The molecule has 1 aromatic carbocycles. The maximum Gasteiger partial charge on any atom is 0.451 e. The number of nitrogens with zero attached hydrogens (tertiary/aromatic N) is 2. The van der Waals surface area contributed by atoms with Crippen LogP contribution in [0.5, 0.6) is 0 Å². The third kappa shape index (κ3) is 3.05. The summed E-state index contributed by atoms with van der Waals surface area (Å²) in [6, 6.07) is 4.46. The van der Waals surface area contributed by atoms with Crippen molar-refractivity contribution >= 4 is 34.8 Å². The maximum atomic E-state index is 12.3. The van der Waals surface area contributed by atoms with Crippen molar-refractivity contribution < 1.29 is 13.2 Å². The summed E-state index contributed by atoms with van der Waals surface area (Å²) in [5.41, 5.74) is 0.389. The fraction of sp³-hybridized carbons (Fsp3) is 0.111. The average molecular weight is 297 g/mol. The van der Waals surface area contributed by atoms with E-state index in [4.69, 9.17) is 23.2 Å². The van der Waals surface area contributed by atoms with Crippen molar-refractivity contribution in [2.45, 2.75) is 6.18 Å². The monoisotopic (exact) mass is 296 g/mol. The minimum atomic E-state index is -4.57. The van der Waals surface area contributed by atoms with E-state index in [1.54, 1.807) is 5.10 Å². The number of anilines is 2. The van der Waals surface area contributed by atoms with E-state index >= 15 is 0 Å². The van der Waals surface area contributed by atoms with E-state index in [1.807, 2.05) is 0 Å². The third-order valence-electron chi connectivity index (χ3n) is 1.87. The van der Waals surface area contributed by atoms with Gasteiger partial charge < -0.3 is 5.32 Å². The highest BCUT2D eigenvalue weighted by Gasteiger charge is 2.35. The van der Waals surface area contributed by atoms with E-state index in [0.29, 0.717) is 15.7 Å². The smallest absolute Gasteiger partial charge is 0.323 e. The summed E-state index contributed by atoms with van der Waals surface area (Å²) in [6.07, 6.45) is -4.57. The lowest BCUT2D eigenvalue weighted by molar-refractivity contribution is -0.144. The molecule has 18 heavy (non-hydrogen) atoms. The largest absolute Gasteiger partial charge is 0.451 e. The molecule has 0 spiro atoms. The first-order valence-electron chi connectivity index (χ1n) is 4.57. The molecule has 0 fully saturated rings. The second-order valence-electron chi connectivity index (χ2n) is 3.29. The van der Waals surface area contributed by atoms with E-state index in [0.717, 1.165) is 0 Å². The minimum absolute atomic E-state index is 0.222. The molecule has 1 aromatic heterocycles. The van der Waals surface area contributed by atoms with Gasteiger partial charge in [-0.2, -0.15) is 18.2 Å². The van der Waals surface area contributed by atoms with Crippen molar-refractivity contribution in [3.63, 3.8) is 0 Å². The SMILES string of the molecule is FC(F)(F)c1nc(Nc2cc(Cl)cc(Cl)c2)n[nH]1. The second kappa shape index (κ2) is 4.66. The molecular weight excluding hydrogens is 292 g/mol. The molecule has 0 atom stereocenters. The number of benzene rings is 1. The Balaban J connectivity index is 2.21. The number of hydrogen-bond donors (Lipinski definition) is 2. The van der Waals surface area contributed by atoms with Gasteiger partial charge in [0.15, 0.2) is 0 Å². The first-order chi connectivity index (χ1) is 8.34. The molecule has 2 aromatic rings. The van der Waals surface area contributed by atoms with Crippen LogP contribution in [0.15, 0.2) is 18.2 Å². The lowest BCUT2D eigenvalue weighted by atomic mass is 10.3. The molecule has 0 saturated heterocycles. The molecule has 0 saturated carbocycles. The lowest BCUT2D eigenvalue weighted by Crippen LogP contribution is -2.07. The van der Waals surface area contributed by atoms with Gasteiger partial charge in [0.1, 0.15) is 0 Å². The molecule has 0 radical (unpaired) electrons. The van der Waals surface area contributed by atoms with Crippen molar-refractivity contribution in [3.8, 4) is 0 Å². The van der Waals surface area contributed by atoms with Crippen molar-refractivity contribution in [2.24, 2.45) is 0 Å². The van der Waals surface area contributed by atoms with Gasteiger partial charge in [0.2, 0.25) is 11.8 Å². The van der Waals surface area contributed by atoms with Crippen LogP contribution in [-0.4, -0.2) is 15.2 Å². The zero-order valence-corrected chi connectivity index (χ0v) is 10.0. The van der Waals surface area contributed by atoms with E-state index in [1.165, 1.54) is 18.2 Å². The molecule has 9 heteroatoms. The van der Waals surface area contributed by atoms with E-state index in [-0.39, 0.29) is 5.95 Å². The van der Waals surface area contributed by atoms with Crippen LogP contribution in [-0.2, 0) is 6.18 Å². The Morgan fingerprint density at radius 3 is 2.22 bits per heavy atom. The van der Waals surface area contributed by atoms with Gasteiger partial charge in [0.25, 0.3) is 0 Å². The van der Waals surface area contributed by atoms with Crippen LogP contribution in [0, 0.1) is 0 Å². The highest BCUT2D eigenvalue weighted by Crippen LogP contribution is 2.28. The van der Waals surface area contributed by atoms with Gasteiger partial charge in [-0.05, 0) is 18.2 Å². The van der Waals surface area contributed by atoms with Crippen molar-refractivity contribution in [2.75, 3.05) is 5.32 Å². The molecular formula is C9H5Cl2F3N4. The topological polar surface area (TPSA) is 53.6 Å². The first kappa shape index (κ1) is 13.0. The molecule has 4 nitrogen and oxygen atoms in total. The van der Waals surface area contributed by atoms with Gasteiger partial charge in [0, 0.05) is 15.7 Å². The highest BCUT2D eigenvalue weighted by atomic mass is 35.5. The number of aromatic amines is 1. The number of alkyl halides is 3. The highest BCUT2D eigenvalue weighted by molar-refractivity contribution is 6.35. The molecule has 96 valence electrons. The van der Waals surface area contributed by atoms with Crippen molar-refractivity contribution in [1.82, 2.24) is 15.2 Å². The van der Waals surface area contributed by atoms with Gasteiger partial charge in [-0.15, -0.1) is 5.10 Å². The number of H-pyrrole nitrogens is 1. The first-order valence-corrected chi connectivity index (χ1v) is 5.33. The van der Waals surface area contributed by atoms with Crippen LogP contribution in [0.4, 0.5) is 24.8 Å². The number of rotatable bonds is 2. The van der Waals surface area contributed by atoms with Gasteiger partial charge >= 0.3 is 6.18 Å². The maximum absolute atomic E-state index is 12.3. The standard InChI is InChI=1S/C9H5Cl2F3N4/c10-4-1-5(11)3-6(2-4)15-8-16-7(17-18-8)9(12,13)14/h1-3H,(H2,15,16,17,18). The molecule has 0 unspecified atom stereocenters. The van der Waals surface area contributed by atoms with Gasteiger partial charge in [-0.1, -0.05) is 23.2 Å². The van der Waals surface area contributed by atoms with E-state index in [9.17, 15) is 13.2 Å². The summed E-state index contributed by atoms with van der Waals surface area (Å²) in [6.45, 7) is 0. The van der Waals surface area contributed by atoms with Crippen LogP contribution in [0.1, 0.15) is 5.82 Å². The Hall–Kier alpha value is -1.47. The van der Waals surface area contributed by atoms with Crippen LogP contribution in [0.25, 0.3) is 0 Å². The summed E-state index contributed by atoms with van der Waals surface area (Å²) >= 11 is 11.5. The van der Waals surface area contributed by atoms with Crippen molar-refractivity contribution in [3.05, 3.63) is 34.1 Å². The Labute approximate surface area is 109 Å². The Kier molecular flexibility index (Phi) is 3.36. The van der Waals surface area contributed by atoms with E-state index < -0.39 is 12.0 Å². The summed E-state index contributed by atoms with van der Waals surface area (Å²) in [5, 5.41) is 8.41. The molecule has 0 amide bonds. The van der Waals surface area contributed by atoms with Gasteiger partial charge in [-0.25, -0.2) is 0 Å². The molecule has 0 aliphatic carbocycles. The fourth-order valence-electron chi connectivity index (χ4n) is 1.20. The third-order valence-corrected chi connectivity index (χ3v) is 2.31. The van der Waals surface area contributed by atoms with Gasteiger partial charge in [0.05, 0.1) is 0 Å². The number of nitrogens with one attached hydrogen (secondary N) is 2. The zero-order chi connectivity index (χ0) is 13.3. The number of hydrogen-bond acceptors (Lipinski definition) is 3. The Morgan fingerprint density at radius 1 is 1.11 bits per heavy atom. The number of halogens is 5. The van der Waals surface area contributed by atoms with Gasteiger partial charge in [-0.3, -0.25) is 5.10 Å². The normalized spacial score (nSPS) is 11.6. The second-order valence-corrected chi connectivity index (χ2v) is 4.16. The summed E-state index contributed by atoms with van der Waals surface area (Å²) in [5.74, 6) is -1.40. The lowest BCUT2D eigenvalue weighted by Gasteiger charge is -2.03. The minimum Gasteiger partial charge on any atom is -0.323 e. The number of aromatic nitrogens is 3. The molecule has 2 N–H and O–H groups in total. The van der Waals surface area contributed by atoms with Crippen LogP contribution in [0.3, 0.4) is 0 Å². The van der Waals surface area contributed by atoms with Crippen LogP contribution < -0.4 is 5.32 Å². The average Bonchev–Trinajstić information content (AvgIpc) is 2.63. The van der Waals surface area contributed by atoms with Crippen molar-refractivity contribution in [1.29, 1.82) is 0 Å².